The third kappa shape index (κ3) is 4.26. The van der Waals surface area contributed by atoms with Crippen LogP contribution in [0.25, 0.3) is 0 Å². The first kappa shape index (κ1) is 17.6. The average molecular weight is 318 g/mol. The second-order valence-electron chi connectivity index (χ2n) is 5.30. The number of likely N-dealkylation sites (tertiary alicyclic amines) is 1. The number of carboxylic acids is 1. The van der Waals surface area contributed by atoms with Crippen molar-refractivity contribution in [3.8, 4) is 0 Å². The standard InChI is InChI=1S/C13H22N2O5S/c1-7(2)10(14-13(19)20-3)11(16)15-6-8(21-4)5-9(15)12(17)18/h7-10H,5-6H2,1-4H3,(H,14,19)(H,17,18)/t8-,9-,10-/m0/s1. The van der Waals surface area contributed by atoms with E-state index in [2.05, 4.69) is 10.1 Å². The Morgan fingerprint density at radius 1 is 1.38 bits per heavy atom. The van der Waals surface area contributed by atoms with Gasteiger partial charge in [-0.1, -0.05) is 13.8 Å². The molecule has 0 bridgehead atoms. The molecule has 1 heterocycles. The number of aliphatic carboxylic acids is 1. The van der Waals surface area contributed by atoms with Crippen molar-refractivity contribution in [2.24, 2.45) is 5.92 Å². The van der Waals surface area contributed by atoms with Crippen molar-refractivity contribution >= 4 is 29.7 Å². The van der Waals surface area contributed by atoms with Gasteiger partial charge in [-0.05, 0) is 18.6 Å². The van der Waals surface area contributed by atoms with Gasteiger partial charge in [0.05, 0.1) is 7.11 Å². The minimum Gasteiger partial charge on any atom is -0.480 e. The number of amides is 2. The number of alkyl carbamates (subject to hydrolysis) is 1. The first-order chi connectivity index (χ1) is 9.81. The van der Waals surface area contributed by atoms with Gasteiger partial charge in [-0.15, -0.1) is 0 Å². The van der Waals surface area contributed by atoms with E-state index in [1.54, 1.807) is 25.6 Å². The normalized spacial score (nSPS) is 23.0. The molecule has 1 aliphatic heterocycles. The smallest absolute Gasteiger partial charge is 0.407 e. The van der Waals surface area contributed by atoms with Crippen LogP contribution in [0.4, 0.5) is 4.79 Å². The molecule has 0 aliphatic carbocycles. The first-order valence-corrected chi connectivity index (χ1v) is 8.01. The van der Waals surface area contributed by atoms with Crippen molar-refractivity contribution < 1.29 is 24.2 Å². The highest BCUT2D eigenvalue weighted by Crippen LogP contribution is 2.27. The second kappa shape index (κ2) is 7.53. The van der Waals surface area contributed by atoms with Crippen LogP contribution in [0.3, 0.4) is 0 Å². The molecule has 1 fully saturated rings. The predicted molar refractivity (Wildman–Crippen MR) is 79.2 cm³/mol. The van der Waals surface area contributed by atoms with Gasteiger partial charge in [0.25, 0.3) is 0 Å². The molecule has 3 atom stereocenters. The molecule has 0 aromatic heterocycles. The van der Waals surface area contributed by atoms with Gasteiger partial charge in [-0.3, -0.25) is 4.79 Å². The Kier molecular flexibility index (Phi) is 6.32. The number of carbonyl (C=O) groups is 3. The van der Waals surface area contributed by atoms with E-state index in [1.165, 1.54) is 12.0 Å². The number of carboxylic acid groups (broad SMARTS) is 1. The minimum absolute atomic E-state index is 0.0981. The van der Waals surface area contributed by atoms with Crippen molar-refractivity contribution in [2.75, 3.05) is 19.9 Å². The quantitative estimate of drug-likeness (QED) is 0.778. The Morgan fingerprint density at radius 3 is 2.43 bits per heavy atom. The highest BCUT2D eigenvalue weighted by molar-refractivity contribution is 7.99. The van der Waals surface area contributed by atoms with Crippen LogP contribution in [0.5, 0.6) is 0 Å². The van der Waals surface area contributed by atoms with E-state index < -0.39 is 24.1 Å². The number of rotatable bonds is 5. The van der Waals surface area contributed by atoms with Crippen molar-refractivity contribution in [3.05, 3.63) is 0 Å². The summed E-state index contributed by atoms with van der Waals surface area (Å²) < 4.78 is 4.52. The summed E-state index contributed by atoms with van der Waals surface area (Å²) in [6.45, 7) is 3.95. The number of hydrogen-bond acceptors (Lipinski definition) is 5. The topological polar surface area (TPSA) is 95.9 Å². The van der Waals surface area contributed by atoms with Crippen LogP contribution < -0.4 is 5.32 Å². The molecule has 1 aliphatic rings. The third-order valence-electron chi connectivity index (χ3n) is 3.56. The molecule has 0 aromatic rings. The maximum atomic E-state index is 12.6. The van der Waals surface area contributed by atoms with Gasteiger partial charge >= 0.3 is 12.1 Å². The summed E-state index contributed by atoms with van der Waals surface area (Å²) in [4.78, 5) is 36.6. The molecule has 2 amide bonds. The van der Waals surface area contributed by atoms with Gasteiger partial charge in [0.15, 0.2) is 0 Å². The van der Waals surface area contributed by atoms with E-state index in [0.29, 0.717) is 13.0 Å². The molecular formula is C13H22N2O5S. The van der Waals surface area contributed by atoms with Gasteiger partial charge in [-0.2, -0.15) is 11.8 Å². The zero-order chi connectivity index (χ0) is 16.2. The van der Waals surface area contributed by atoms with Crippen molar-refractivity contribution in [1.82, 2.24) is 10.2 Å². The van der Waals surface area contributed by atoms with E-state index >= 15 is 0 Å². The number of carbonyl (C=O) groups excluding carboxylic acids is 2. The van der Waals surface area contributed by atoms with Crippen LogP contribution in [0.2, 0.25) is 0 Å². The lowest BCUT2D eigenvalue weighted by Crippen LogP contribution is -2.53. The Hall–Kier alpha value is -1.44. The van der Waals surface area contributed by atoms with Crippen molar-refractivity contribution in [2.45, 2.75) is 37.6 Å². The second-order valence-corrected chi connectivity index (χ2v) is 6.43. The molecule has 120 valence electrons. The Morgan fingerprint density at radius 2 is 2.00 bits per heavy atom. The fraction of sp³-hybridized carbons (Fsp3) is 0.769. The lowest BCUT2D eigenvalue weighted by atomic mass is 10.0. The summed E-state index contributed by atoms with van der Waals surface area (Å²) in [5, 5.41) is 11.9. The molecule has 0 unspecified atom stereocenters. The number of thioether (sulfide) groups is 1. The van der Waals surface area contributed by atoms with Crippen LogP contribution in [0.1, 0.15) is 20.3 Å². The number of ether oxygens (including phenoxy) is 1. The monoisotopic (exact) mass is 318 g/mol. The van der Waals surface area contributed by atoms with E-state index in [0.717, 1.165) is 0 Å². The lowest BCUT2D eigenvalue weighted by Gasteiger charge is -2.29. The zero-order valence-corrected chi connectivity index (χ0v) is 13.5. The molecule has 8 heteroatoms. The summed E-state index contributed by atoms with van der Waals surface area (Å²) >= 11 is 1.54. The predicted octanol–water partition coefficient (Wildman–Crippen LogP) is 0.784. The first-order valence-electron chi connectivity index (χ1n) is 6.72. The molecule has 2 N–H and O–H groups in total. The molecule has 1 saturated heterocycles. The Labute approximate surface area is 128 Å². The number of hydrogen-bond donors (Lipinski definition) is 2. The van der Waals surface area contributed by atoms with Gasteiger partial charge < -0.3 is 20.1 Å². The third-order valence-corrected chi connectivity index (χ3v) is 4.56. The zero-order valence-electron chi connectivity index (χ0n) is 12.7. The SMILES string of the molecule is COC(=O)N[C@H](C(=O)N1C[C@@H](SC)C[C@H]1C(=O)O)C(C)C. The molecule has 21 heavy (non-hydrogen) atoms. The van der Waals surface area contributed by atoms with Crippen LogP contribution in [-0.2, 0) is 14.3 Å². The minimum atomic E-state index is -1.01. The van der Waals surface area contributed by atoms with Crippen LogP contribution in [0, 0.1) is 5.92 Å². The summed E-state index contributed by atoms with van der Waals surface area (Å²) in [7, 11) is 1.22. The molecule has 0 radical (unpaired) electrons. The molecule has 0 aromatic carbocycles. The largest absolute Gasteiger partial charge is 0.480 e. The molecule has 0 spiro atoms. The Bertz CT molecular complexity index is 415. The van der Waals surface area contributed by atoms with Crippen molar-refractivity contribution in [1.29, 1.82) is 0 Å². The summed E-state index contributed by atoms with van der Waals surface area (Å²) in [6.07, 6.45) is 1.62. The average Bonchev–Trinajstić information content (AvgIpc) is 2.87. The van der Waals surface area contributed by atoms with Crippen LogP contribution in [-0.4, -0.2) is 65.2 Å². The summed E-state index contributed by atoms with van der Waals surface area (Å²) in [6, 6.07) is -1.63. The van der Waals surface area contributed by atoms with E-state index in [4.69, 9.17) is 0 Å². The fourth-order valence-corrected chi connectivity index (χ4v) is 3.01. The van der Waals surface area contributed by atoms with E-state index in [9.17, 15) is 19.5 Å². The summed E-state index contributed by atoms with van der Waals surface area (Å²) in [5.41, 5.74) is 0. The molecular weight excluding hydrogens is 296 g/mol. The number of nitrogens with one attached hydrogen (secondary N) is 1. The van der Waals surface area contributed by atoms with Gasteiger partial charge in [0.2, 0.25) is 5.91 Å². The van der Waals surface area contributed by atoms with Crippen molar-refractivity contribution in [3.63, 3.8) is 0 Å². The molecule has 1 rings (SSSR count). The van der Waals surface area contributed by atoms with Crippen LogP contribution >= 0.6 is 11.8 Å². The van der Waals surface area contributed by atoms with Gasteiger partial charge in [0.1, 0.15) is 12.1 Å². The maximum Gasteiger partial charge on any atom is 0.407 e. The van der Waals surface area contributed by atoms with Gasteiger partial charge in [-0.25, -0.2) is 9.59 Å². The lowest BCUT2D eigenvalue weighted by molar-refractivity contribution is -0.149. The molecule has 0 saturated carbocycles. The van der Waals surface area contributed by atoms with E-state index in [-0.39, 0.29) is 17.1 Å². The highest BCUT2D eigenvalue weighted by atomic mass is 32.2. The Balaban J connectivity index is 2.90. The number of nitrogens with zero attached hydrogens (tertiary/aromatic N) is 1. The van der Waals surface area contributed by atoms with Crippen LogP contribution in [0.15, 0.2) is 0 Å². The van der Waals surface area contributed by atoms with E-state index in [1.807, 2.05) is 6.26 Å². The summed E-state index contributed by atoms with van der Waals surface area (Å²) in [5.74, 6) is -1.56. The number of methoxy groups -OCH3 is 1. The molecule has 7 nitrogen and oxygen atoms in total. The highest BCUT2D eigenvalue weighted by Gasteiger charge is 2.42. The maximum absolute atomic E-state index is 12.6. The fourth-order valence-electron chi connectivity index (χ4n) is 2.32. The van der Waals surface area contributed by atoms with Gasteiger partial charge in [0, 0.05) is 11.8 Å².